The fourth-order valence-electron chi connectivity index (χ4n) is 1.01. The fraction of sp³-hybridized carbons (Fsp3) is 0.125. The minimum Gasteiger partial charge on any atom is -0.495 e. The zero-order chi connectivity index (χ0) is 9.10. The minimum absolute atomic E-state index is 0.709. The Kier molecular flexibility index (Phi) is 1.91. The van der Waals surface area contributed by atoms with Gasteiger partial charge in [0.1, 0.15) is 11.4 Å². The molecular weight excluding hydrogens is 168 g/mol. The minimum atomic E-state index is 0.709. The number of pyridine rings is 1. The van der Waals surface area contributed by atoms with Crippen LogP contribution in [0, 0.1) is 0 Å². The first kappa shape index (κ1) is 7.72. The van der Waals surface area contributed by atoms with Gasteiger partial charge in [0.05, 0.1) is 19.5 Å². The van der Waals surface area contributed by atoms with E-state index in [9.17, 15) is 0 Å². The quantitative estimate of drug-likeness (QED) is 0.737. The van der Waals surface area contributed by atoms with Crippen molar-refractivity contribution in [3.8, 4) is 17.0 Å². The molecule has 0 unspecified atom stereocenters. The Labute approximate surface area is 74.8 Å². The third-order valence-corrected chi connectivity index (χ3v) is 1.66. The number of nitrogens with one attached hydrogen (secondary N) is 1. The number of aromatic amines is 1. The first-order valence-electron chi connectivity index (χ1n) is 3.75. The second kappa shape index (κ2) is 3.22. The van der Waals surface area contributed by atoms with Gasteiger partial charge < -0.3 is 4.74 Å². The molecule has 5 nitrogen and oxygen atoms in total. The lowest BCUT2D eigenvalue weighted by Crippen LogP contribution is -1.86. The van der Waals surface area contributed by atoms with E-state index in [1.807, 2.05) is 6.07 Å². The average molecular weight is 176 g/mol. The summed E-state index contributed by atoms with van der Waals surface area (Å²) < 4.78 is 5.03. The molecule has 1 N–H and O–H groups in total. The van der Waals surface area contributed by atoms with E-state index in [0.717, 1.165) is 11.3 Å². The molecular formula is C8H8N4O. The normalized spacial score (nSPS) is 9.92. The lowest BCUT2D eigenvalue weighted by Gasteiger charge is -1.99. The van der Waals surface area contributed by atoms with Gasteiger partial charge in [-0.25, -0.2) is 0 Å². The van der Waals surface area contributed by atoms with Crippen LogP contribution >= 0.6 is 0 Å². The van der Waals surface area contributed by atoms with Crippen LogP contribution in [0.2, 0.25) is 0 Å². The summed E-state index contributed by atoms with van der Waals surface area (Å²) in [6, 6.07) is 1.85. The van der Waals surface area contributed by atoms with Gasteiger partial charge in [0, 0.05) is 11.8 Å². The van der Waals surface area contributed by atoms with Crippen LogP contribution in [-0.2, 0) is 0 Å². The van der Waals surface area contributed by atoms with Crippen molar-refractivity contribution in [1.82, 2.24) is 20.4 Å². The van der Waals surface area contributed by atoms with E-state index in [2.05, 4.69) is 20.4 Å². The standard InChI is InChI=1S/C8H8N4O/c1-13-7-2-6(3-9-4-7)8-5-10-12-11-8/h2-5H,1H3,(H,10,11,12). The van der Waals surface area contributed by atoms with Crippen LogP contribution in [-0.4, -0.2) is 27.5 Å². The highest BCUT2D eigenvalue weighted by Gasteiger charge is 2.01. The van der Waals surface area contributed by atoms with Crippen molar-refractivity contribution in [1.29, 1.82) is 0 Å². The maximum absolute atomic E-state index is 5.03. The van der Waals surface area contributed by atoms with Crippen LogP contribution in [0.5, 0.6) is 5.75 Å². The number of ether oxygens (including phenoxy) is 1. The maximum atomic E-state index is 5.03. The van der Waals surface area contributed by atoms with Crippen LogP contribution in [0.25, 0.3) is 11.3 Å². The molecule has 13 heavy (non-hydrogen) atoms. The van der Waals surface area contributed by atoms with Crippen molar-refractivity contribution in [2.45, 2.75) is 0 Å². The van der Waals surface area contributed by atoms with Gasteiger partial charge in [-0.1, -0.05) is 0 Å². The zero-order valence-electron chi connectivity index (χ0n) is 7.06. The van der Waals surface area contributed by atoms with E-state index in [1.54, 1.807) is 25.7 Å². The lowest BCUT2D eigenvalue weighted by atomic mass is 10.2. The van der Waals surface area contributed by atoms with Crippen LogP contribution in [0.15, 0.2) is 24.7 Å². The lowest BCUT2D eigenvalue weighted by molar-refractivity contribution is 0.413. The van der Waals surface area contributed by atoms with Crippen molar-refractivity contribution in [3.05, 3.63) is 24.7 Å². The van der Waals surface area contributed by atoms with Crippen LogP contribution in [0.3, 0.4) is 0 Å². The Morgan fingerprint density at radius 3 is 2.92 bits per heavy atom. The Morgan fingerprint density at radius 2 is 2.23 bits per heavy atom. The zero-order valence-corrected chi connectivity index (χ0v) is 7.06. The second-order valence-electron chi connectivity index (χ2n) is 2.47. The molecule has 2 rings (SSSR count). The summed E-state index contributed by atoms with van der Waals surface area (Å²) in [7, 11) is 1.60. The molecule has 0 saturated carbocycles. The van der Waals surface area contributed by atoms with E-state index in [-0.39, 0.29) is 0 Å². The van der Waals surface area contributed by atoms with E-state index in [0.29, 0.717) is 5.75 Å². The van der Waals surface area contributed by atoms with Gasteiger partial charge in [-0.3, -0.25) is 4.98 Å². The number of hydrogen-bond donors (Lipinski definition) is 1. The van der Waals surface area contributed by atoms with Gasteiger partial charge in [0.15, 0.2) is 0 Å². The third kappa shape index (κ3) is 1.48. The summed E-state index contributed by atoms with van der Waals surface area (Å²) in [4.78, 5) is 4.00. The number of H-pyrrole nitrogens is 1. The summed E-state index contributed by atoms with van der Waals surface area (Å²) in [6.45, 7) is 0. The van der Waals surface area contributed by atoms with Crippen molar-refractivity contribution in [2.75, 3.05) is 7.11 Å². The molecule has 0 aliphatic carbocycles. The molecule has 0 atom stereocenters. The third-order valence-electron chi connectivity index (χ3n) is 1.66. The van der Waals surface area contributed by atoms with Crippen molar-refractivity contribution in [3.63, 3.8) is 0 Å². The smallest absolute Gasteiger partial charge is 0.137 e. The van der Waals surface area contributed by atoms with Crippen molar-refractivity contribution < 1.29 is 4.74 Å². The SMILES string of the molecule is COc1cncc(-c2cn[nH]n2)c1. The highest BCUT2D eigenvalue weighted by molar-refractivity contribution is 5.57. The second-order valence-corrected chi connectivity index (χ2v) is 2.47. The molecule has 0 saturated heterocycles. The number of hydrogen-bond acceptors (Lipinski definition) is 4. The molecule has 0 aromatic carbocycles. The van der Waals surface area contributed by atoms with Gasteiger partial charge in [0.2, 0.25) is 0 Å². The van der Waals surface area contributed by atoms with E-state index < -0.39 is 0 Å². The molecule has 0 aliphatic rings. The van der Waals surface area contributed by atoms with Crippen LogP contribution in [0.4, 0.5) is 0 Å². The molecule has 2 heterocycles. The molecule has 0 spiro atoms. The molecule has 2 aromatic heterocycles. The van der Waals surface area contributed by atoms with Crippen molar-refractivity contribution >= 4 is 0 Å². The molecule has 0 amide bonds. The van der Waals surface area contributed by atoms with Gasteiger partial charge in [0.25, 0.3) is 0 Å². The maximum Gasteiger partial charge on any atom is 0.137 e. The highest BCUT2D eigenvalue weighted by Crippen LogP contribution is 2.18. The fourth-order valence-corrected chi connectivity index (χ4v) is 1.01. The molecule has 2 aromatic rings. The predicted molar refractivity (Wildman–Crippen MR) is 46.2 cm³/mol. The monoisotopic (exact) mass is 176 g/mol. The summed E-state index contributed by atoms with van der Waals surface area (Å²) >= 11 is 0. The van der Waals surface area contributed by atoms with Gasteiger partial charge in [-0.2, -0.15) is 15.4 Å². The van der Waals surface area contributed by atoms with E-state index in [1.165, 1.54) is 0 Å². The Bertz CT molecular complexity index is 385. The van der Waals surface area contributed by atoms with Gasteiger partial charge >= 0.3 is 0 Å². The largest absolute Gasteiger partial charge is 0.495 e. The predicted octanol–water partition coefficient (Wildman–Crippen LogP) is 0.875. The molecule has 5 heteroatoms. The molecule has 0 fully saturated rings. The number of rotatable bonds is 2. The van der Waals surface area contributed by atoms with Crippen LogP contribution in [0.1, 0.15) is 0 Å². The summed E-state index contributed by atoms with van der Waals surface area (Å²) in [5, 5.41) is 10.2. The first-order valence-corrected chi connectivity index (χ1v) is 3.75. The van der Waals surface area contributed by atoms with E-state index in [4.69, 9.17) is 4.74 Å². The highest BCUT2D eigenvalue weighted by atomic mass is 16.5. The molecule has 66 valence electrons. The number of nitrogens with zero attached hydrogens (tertiary/aromatic N) is 3. The molecule has 0 radical (unpaired) electrons. The molecule has 0 aliphatic heterocycles. The van der Waals surface area contributed by atoms with Crippen LogP contribution < -0.4 is 4.74 Å². The van der Waals surface area contributed by atoms with Gasteiger partial charge in [-0.15, -0.1) is 0 Å². The number of aromatic nitrogens is 4. The molecule has 0 bridgehead atoms. The Morgan fingerprint density at radius 1 is 1.31 bits per heavy atom. The summed E-state index contributed by atoms with van der Waals surface area (Å²) in [5.74, 6) is 0.709. The van der Waals surface area contributed by atoms with E-state index >= 15 is 0 Å². The first-order chi connectivity index (χ1) is 6.40. The Hall–Kier alpha value is -1.91. The topological polar surface area (TPSA) is 63.7 Å². The van der Waals surface area contributed by atoms with Gasteiger partial charge in [-0.05, 0) is 6.07 Å². The Balaban J connectivity index is 2.41. The average Bonchev–Trinajstić information content (AvgIpc) is 2.71. The summed E-state index contributed by atoms with van der Waals surface area (Å²) in [6.07, 6.45) is 4.99. The number of methoxy groups -OCH3 is 1. The van der Waals surface area contributed by atoms with Crippen molar-refractivity contribution in [2.24, 2.45) is 0 Å². The summed E-state index contributed by atoms with van der Waals surface area (Å²) in [5.41, 5.74) is 1.64.